The molecule has 0 atom stereocenters. The molecule has 0 unspecified atom stereocenters. The van der Waals surface area contributed by atoms with E-state index >= 15 is 0 Å². The van der Waals surface area contributed by atoms with Crippen molar-refractivity contribution < 1.29 is 9.53 Å². The quantitative estimate of drug-likeness (QED) is 0.848. The molecule has 1 aliphatic heterocycles. The summed E-state index contributed by atoms with van der Waals surface area (Å²) in [6.45, 7) is 2.08. The van der Waals surface area contributed by atoms with Gasteiger partial charge in [0.1, 0.15) is 5.82 Å². The number of rotatable bonds is 6. The van der Waals surface area contributed by atoms with Gasteiger partial charge in [-0.15, -0.1) is 0 Å². The van der Waals surface area contributed by atoms with Gasteiger partial charge in [-0.1, -0.05) is 6.07 Å². The third-order valence-corrected chi connectivity index (χ3v) is 4.16. The lowest BCUT2D eigenvalue weighted by Gasteiger charge is -2.27. The SMILES string of the molecule is COCCc1nsc(Nc2cccc(N3CCCNC3=O)c2)n1. The number of aromatic nitrogens is 2. The third-order valence-electron chi connectivity index (χ3n) is 3.49. The van der Waals surface area contributed by atoms with Crippen LogP contribution in [0.3, 0.4) is 0 Å². The van der Waals surface area contributed by atoms with E-state index in [0.29, 0.717) is 13.0 Å². The first kappa shape index (κ1) is 15.7. The van der Waals surface area contributed by atoms with Crippen LogP contribution in [0, 0.1) is 0 Å². The van der Waals surface area contributed by atoms with Gasteiger partial charge in [0.25, 0.3) is 0 Å². The number of nitrogens with zero attached hydrogens (tertiary/aromatic N) is 3. The molecule has 2 aromatic rings. The first-order valence-corrected chi connectivity index (χ1v) is 8.27. The van der Waals surface area contributed by atoms with Crippen molar-refractivity contribution in [2.45, 2.75) is 12.8 Å². The number of ether oxygens (including phenoxy) is 1. The maximum atomic E-state index is 11.9. The van der Waals surface area contributed by atoms with Crippen molar-refractivity contribution in [1.29, 1.82) is 0 Å². The number of hydrogen-bond acceptors (Lipinski definition) is 6. The molecule has 0 radical (unpaired) electrons. The Kier molecular flexibility index (Phi) is 5.04. The number of benzene rings is 1. The summed E-state index contributed by atoms with van der Waals surface area (Å²) >= 11 is 1.32. The standard InChI is InChI=1S/C15H19N5O2S/c1-22-9-6-13-18-14(23-19-13)17-11-4-2-5-12(10-11)20-8-3-7-16-15(20)21/h2,4-5,10H,3,6-9H2,1H3,(H,16,21)(H,17,18,19). The molecule has 1 aliphatic rings. The van der Waals surface area contributed by atoms with Crippen LogP contribution in [0.25, 0.3) is 0 Å². The third kappa shape index (κ3) is 3.96. The lowest BCUT2D eigenvalue weighted by atomic mass is 10.2. The Balaban J connectivity index is 1.70. The second-order valence-corrected chi connectivity index (χ2v) is 5.92. The predicted octanol–water partition coefficient (Wildman–Crippen LogP) is 2.39. The molecule has 0 bridgehead atoms. The largest absolute Gasteiger partial charge is 0.384 e. The molecular weight excluding hydrogens is 314 g/mol. The monoisotopic (exact) mass is 333 g/mol. The van der Waals surface area contributed by atoms with Crippen molar-refractivity contribution in [3.63, 3.8) is 0 Å². The fourth-order valence-electron chi connectivity index (χ4n) is 2.35. The highest BCUT2D eigenvalue weighted by molar-refractivity contribution is 7.09. The van der Waals surface area contributed by atoms with Gasteiger partial charge in [0.2, 0.25) is 5.13 Å². The van der Waals surface area contributed by atoms with Crippen molar-refractivity contribution in [2.75, 3.05) is 37.0 Å². The van der Waals surface area contributed by atoms with E-state index in [-0.39, 0.29) is 6.03 Å². The molecule has 1 aromatic heterocycles. The van der Waals surface area contributed by atoms with E-state index in [0.717, 1.165) is 41.8 Å². The second kappa shape index (κ2) is 7.38. The highest BCUT2D eigenvalue weighted by atomic mass is 32.1. The number of anilines is 3. The highest BCUT2D eigenvalue weighted by Crippen LogP contribution is 2.24. The fraction of sp³-hybridized carbons (Fsp3) is 0.400. The molecule has 8 heteroatoms. The predicted molar refractivity (Wildman–Crippen MR) is 90.6 cm³/mol. The molecular formula is C15H19N5O2S. The van der Waals surface area contributed by atoms with Gasteiger partial charge in [-0.05, 0) is 24.6 Å². The van der Waals surface area contributed by atoms with Crippen molar-refractivity contribution in [3.05, 3.63) is 30.1 Å². The number of urea groups is 1. The lowest BCUT2D eigenvalue weighted by molar-refractivity contribution is 0.201. The molecule has 0 aliphatic carbocycles. The average molecular weight is 333 g/mol. The smallest absolute Gasteiger partial charge is 0.321 e. The highest BCUT2D eigenvalue weighted by Gasteiger charge is 2.19. The summed E-state index contributed by atoms with van der Waals surface area (Å²) < 4.78 is 9.31. The van der Waals surface area contributed by atoms with Crippen molar-refractivity contribution >= 4 is 34.1 Å². The van der Waals surface area contributed by atoms with Crippen LogP contribution >= 0.6 is 11.5 Å². The molecule has 2 N–H and O–H groups in total. The number of nitrogens with one attached hydrogen (secondary N) is 2. The Morgan fingerprint density at radius 3 is 3.22 bits per heavy atom. The molecule has 1 saturated heterocycles. The Morgan fingerprint density at radius 2 is 2.39 bits per heavy atom. The Labute approximate surface area is 138 Å². The van der Waals surface area contributed by atoms with E-state index in [9.17, 15) is 4.79 Å². The minimum Gasteiger partial charge on any atom is -0.384 e. The number of methoxy groups -OCH3 is 1. The number of amides is 2. The number of carbonyl (C=O) groups is 1. The van der Waals surface area contributed by atoms with Crippen LogP contribution in [-0.4, -0.2) is 42.2 Å². The molecule has 23 heavy (non-hydrogen) atoms. The van der Waals surface area contributed by atoms with Gasteiger partial charge in [0.05, 0.1) is 6.61 Å². The van der Waals surface area contributed by atoms with Gasteiger partial charge in [0.15, 0.2) is 0 Å². The van der Waals surface area contributed by atoms with Crippen LogP contribution in [0.1, 0.15) is 12.2 Å². The Hall–Kier alpha value is -2.19. The van der Waals surface area contributed by atoms with E-state index < -0.39 is 0 Å². The maximum Gasteiger partial charge on any atom is 0.321 e. The van der Waals surface area contributed by atoms with Gasteiger partial charge < -0.3 is 15.4 Å². The van der Waals surface area contributed by atoms with Crippen LogP contribution in [-0.2, 0) is 11.2 Å². The summed E-state index contributed by atoms with van der Waals surface area (Å²) in [6, 6.07) is 7.70. The summed E-state index contributed by atoms with van der Waals surface area (Å²) in [7, 11) is 1.66. The van der Waals surface area contributed by atoms with Crippen molar-refractivity contribution in [1.82, 2.24) is 14.7 Å². The van der Waals surface area contributed by atoms with Crippen LogP contribution in [0.4, 0.5) is 21.3 Å². The van der Waals surface area contributed by atoms with Gasteiger partial charge in [-0.3, -0.25) is 4.90 Å². The molecule has 1 fully saturated rings. The van der Waals surface area contributed by atoms with Gasteiger partial charge in [-0.2, -0.15) is 4.37 Å². The van der Waals surface area contributed by atoms with Crippen LogP contribution in [0.15, 0.2) is 24.3 Å². The summed E-state index contributed by atoms with van der Waals surface area (Å²) in [5.41, 5.74) is 1.76. The van der Waals surface area contributed by atoms with Crippen LogP contribution < -0.4 is 15.5 Å². The topological polar surface area (TPSA) is 79.4 Å². The van der Waals surface area contributed by atoms with Gasteiger partial charge >= 0.3 is 6.03 Å². The van der Waals surface area contributed by atoms with E-state index in [4.69, 9.17) is 4.74 Å². The molecule has 1 aromatic carbocycles. The normalized spacial score (nSPS) is 14.7. The zero-order chi connectivity index (χ0) is 16.1. The van der Waals surface area contributed by atoms with Crippen molar-refractivity contribution in [2.24, 2.45) is 0 Å². The van der Waals surface area contributed by atoms with Gasteiger partial charge in [0, 0.05) is 49.5 Å². The zero-order valence-corrected chi connectivity index (χ0v) is 13.7. The molecule has 2 amide bonds. The lowest BCUT2D eigenvalue weighted by Crippen LogP contribution is -2.46. The molecule has 3 rings (SSSR count). The summed E-state index contributed by atoms with van der Waals surface area (Å²) in [6.07, 6.45) is 1.64. The zero-order valence-electron chi connectivity index (χ0n) is 12.9. The van der Waals surface area contributed by atoms with Gasteiger partial charge in [-0.25, -0.2) is 9.78 Å². The first-order valence-electron chi connectivity index (χ1n) is 7.50. The number of carbonyl (C=O) groups excluding carboxylic acids is 1. The Morgan fingerprint density at radius 1 is 1.48 bits per heavy atom. The molecule has 122 valence electrons. The average Bonchev–Trinajstić information content (AvgIpc) is 3.01. The Bertz CT molecular complexity index is 675. The van der Waals surface area contributed by atoms with E-state index in [1.165, 1.54) is 11.5 Å². The van der Waals surface area contributed by atoms with Crippen LogP contribution in [0.2, 0.25) is 0 Å². The maximum absolute atomic E-state index is 11.9. The molecule has 2 heterocycles. The number of hydrogen-bond donors (Lipinski definition) is 2. The van der Waals surface area contributed by atoms with E-state index in [2.05, 4.69) is 20.0 Å². The molecule has 0 saturated carbocycles. The van der Waals surface area contributed by atoms with Crippen molar-refractivity contribution in [3.8, 4) is 0 Å². The summed E-state index contributed by atoms with van der Waals surface area (Å²) in [4.78, 5) is 18.1. The summed E-state index contributed by atoms with van der Waals surface area (Å²) in [5.74, 6) is 0.769. The fourth-order valence-corrected chi connectivity index (χ4v) is 2.98. The summed E-state index contributed by atoms with van der Waals surface area (Å²) in [5, 5.41) is 6.83. The minimum atomic E-state index is -0.0498. The minimum absolute atomic E-state index is 0.0498. The molecule has 7 nitrogen and oxygen atoms in total. The second-order valence-electron chi connectivity index (χ2n) is 5.17. The van der Waals surface area contributed by atoms with E-state index in [1.807, 2.05) is 24.3 Å². The van der Waals surface area contributed by atoms with Crippen LogP contribution in [0.5, 0.6) is 0 Å². The first-order chi connectivity index (χ1) is 11.3. The molecule has 0 spiro atoms. The van der Waals surface area contributed by atoms with E-state index in [1.54, 1.807) is 12.0 Å².